The average molecular weight is 361 g/mol. The third-order valence-corrected chi connectivity index (χ3v) is 4.76. The van der Waals surface area contributed by atoms with Gasteiger partial charge in [-0.15, -0.1) is 0 Å². The lowest BCUT2D eigenvalue weighted by Crippen LogP contribution is -2.25. The first-order valence-electron chi connectivity index (χ1n) is 8.92. The molecule has 0 aliphatic carbocycles. The van der Waals surface area contributed by atoms with Crippen LogP contribution in [0.5, 0.6) is 0 Å². The van der Waals surface area contributed by atoms with Crippen LogP contribution in [0.2, 0.25) is 0 Å². The molecule has 5 heteroatoms. The molecule has 0 saturated heterocycles. The van der Waals surface area contributed by atoms with Crippen molar-refractivity contribution < 1.29 is 9.59 Å². The Morgan fingerprint density at radius 2 is 1.70 bits per heavy atom. The van der Waals surface area contributed by atoms with Crippen molar-refractivity contribution in [1.82, 2.24) is 15.6 Å². The van der Waals surface area contributed by atoms with Gasteiger partial charge in [0.25, 0.3) is 5.91 Å². The third-order valence-electron chi connectivity index (χ3n) is 4.76. The lowest BCUT2D eigenvalue weighted by Gasteiger charge is -2.13. The topological polar surface area (TPSA) is 71.1 Å². The highest BCUT2D eigenvalue weighted by atomic mass is 16.2. The SMILES string of the molecule is CNC(=O)c1ccc(CNC(=O)Cc2c(C)nc3ccccc3c2C)cc1. The number of hydrogen-bond acceptors (Lipinski definition) is 3. The van der Waals surface area contributed by atoms with Crippen molar-refractivity contribution in [2.45, 2.75) is 26.8 Å². The van der Waals surface area contributed by atoms with Crippen molar-refractivity contribution in [3.63, 3.8) is 0 Å². The summed E-state index contributed by atoms with van der Waals surface area (Å²) in [6.07, 6.45) is 0.297. The van der Waals surface area contributed by atoms with Crippen LogP contribution in [0.1, 0.15) is 32.7 Å². The number of hydrogen-bond donors (Lipinski definition) is 2. The van der Waals surface area contributed by atoms with Crippen molar-refractivity contribution in [1.29, 1.82) is 0 Å². The van der Waals surface area contributed by atoms with Gasteiger partial charge in [-0.05, 0) is 48.7 Å². The number of pyridine rings is 1. The van der Waals surface area contributed by atoms with E-state index >= 15 is 0 Å². The van der Waals surface area contributed by atoms with Gasteiger partial charge in [0, 0.05) is 30.2 Å². The van der Waals surface area contributed by atoms with E-state index in [1.165, 1.54) is 0 Å². The second-order valence-electron chi connectivity index (χ2n) is 6.55. The molecule has 0 spiro atoms. The predicted molar refractivity (Wildman–Crippen MR) is 107 cm³/mol. The summed E-state index contributed by atoms with van der Waals surface area (Å²) >= 11 is 0. The molecule has 0 aliphatic heterocycles. The lowest BCUT2D eigenvalue weighted by atomic mass is 9.99. The summed E-state index contributed by atoms with van der Waals surface area (Å²) in [4.78, 5) is 28.6. The molecule has 2 amide bonds. The molecule has 27 heavy (non-hydrogen) atoms. The van der Waals surface area contributed by atoms with Gasteiger partial charge < -0.3 is 10.6 Å². The number of benzene rings is 2. The summed E-state index contributed by atoms with van der Waals surface area (Å²) in [6, 6.07) is 15.2. The van der Waals surface area contributed by atoms with Gasteiger partial charge in [-0.2, -0.15) is 0 Å². The smallest absolute Gasteiger partial charge is 0.251 e. The molecule has 5 nitrogen and oxygen atoms in total. The Kier molecular flexibility index (Phi) is 5.50. The summed E-state index contributed by atoms with van der Waals surface area (Å²) < 4.78 is 0. The third kappa shape index (κ3) is 4.14. The van der Waals surface area contributed by atoms with Gasteiger partial charge in [0.1, 0.15) is 0 Å². The van der Waals surface area contributed by atoms with Gasteiger partial charge in [0.2, 0.25) is 5.91 Å². The molecule has 0 saturated carbocycles. The molecular weight excluding hydrogens is 338 g/mol. The summed E-state index contributed by atoms with van der Waals surface area (Å²) in [6.45, 7) is 4.41. The first-order chi connectivity index (χ1) is 13.0. The van der Waals surface area contributed by atoms with E-state index in [1.807, 2.05) is 50.2 Å². The maximum atomic E-state index is 12.4. The summed E-state index contributed by atoms with van der Waals surface area (Å²) in [5.41, 5.74) is 5.45. The van der Waals surface area contributed by atoms with Crippen molar-refractivity contribution in [2.75, 3.05) is 7.05 Å². The number of rotatable bonds is 5. The van der Waals surface area contributed by atoms with Crippen LogP contribution in [0.4, 0.5) is 0 Å². The van der Waals surface area contributed by atoms with Gasteiger partial charge in [0.15, 0.2) is 0 Å². The molecule has 0 atom stereocenters. The zero-order chi connectivity index (χ0) is 19.4. The Labute approximate surface area is 158 Å². The van der Waals surface area contributed by atoms with Crippen LogP contribution in [0.3, 0.4) is 0 Å². The van der Waals surface area contributed by atoms with Crippen LogP contribution in [-0.2, 0) is 17.8 Å². The summed E-state index contributed by atoms with van der Waals surface area (Å²) in [5, 5.41) is 6.61. The number of para-hydroxylation sites is 1. The first kappa shape index (κ1) is 18.6. The maximum absolute atomic E-state index is 12.4. The fraction of sp³-hybridized carbons (Fsp3) is 0.227. The number of amides is 2. The fourth-order valence-corrected chi connectivity index (χ4v) is 3.17. The zero-order valence-electron chi connectivity index (χ0n) is 15.8. The second kappa shape index (κ2) is 7.99. The highest BCUT2D eigenvalue weighted by Gasteiger charge is 2.13. The van der Waals surface area contributed by atoms with Gasteiger partial charge >= 0.3 is 0 Å². The molecule has 2 aromatic carbocycles. The lowest BCUT2D eigenvalue weighted by molar-refractivity contribution is -0.120. The van der Waals surface area contributed by atoms with Crippen LogP contribution >= 0.6 is 0 Å². The average Bonchev–Trinajstić information content (AvgIpc) is 2.69. The first-order valence-corrected chi connectivity index (χ1v) is 8.92. The molecule has 2 N–H and O–H groups in total. The molecule has 1 aromatic heterocycles. The van der Waals surface area contributed by atoms with Gasteiger partial charge in [0.05, 0.1) is 11.9 Å². The standard InChI is InChI=1S/C22H23N3O2/c1-14-18-6-4-5-7-20(18)25-15(2)19(14)12-21(26)24-13-16-8-10-17(11-9-16)22(27)23-3/h4-11H,12-13H2,1-3H3,(H,23,27)(H,24,26). The van der Waals surface area contributed by atoms with Crippen LogP contribution < -0.4 is 10.6 Å². The predicted octanol–water partition coefficient (Wildman–Crippen LogP) is 3.07. The second-order valence-corrected chi connectivity index (χ2v) is 6.55. The van der Waals surface area contributed by atoms with E-state index in [0.29, 0.717) is 18.5 Å². The molecule has 0 unspecified atom stereocenters. The molecular formula is C22H23N3O2. The number of carbonyl (C=O) groups is 2. The van der Waals surface area contributed by atoms with Crippen LogP contribution in [0.15, 0.2) is 48.5 Å². The maximum Gasteiger partial charge on any atom is 0.251 e. The number of nitrogens with zero attached hydrogens (tertiary/aromatic N) is 1. The van der Waals surface area contributed by atoms with Crippen molar-refractivity contribution in [3.8, 4) is 0 Å². The Hall–Kier alpha value is -3.21. The van der Waals surface area contributed by atoms with E-state index in [4.69, 9.17) is 0 Å². The highest BCUT2D eigenvalue weighted by molar-refractivity contribution is 5.94. The van der Waals surface area contributed by atoms with E-state index in [-0.39, 0.29) is 11.8 Å². The van der Waals surface area contributed by atoms with Crippen LogP contribution in [0, 0.1) is 13.8 Å². The number of aryl methyl sites for hydroxylation is 2. The molecule has 3 aromatic rings. The molecule has 0 aliphatic rings. The van der Waals surface area contributed by atoms with Crippen molar-refractivity contribution >= 4 is 22.7 Å². The quantitative estimate of drug-likeness (QED) is 0.734. The summed E-state index contributed by atoms with van der Waals surface area (Å²) in [5.74, 6) is -0.172. The number of nitrogens with one attached hydrogen (secondary N) is 2. The Morgan fingerprint density at radius 1 is 1.00 bits per heavy atom. The van der Waals surface area contributed by atoms with E-state index < -0.39 is 0 Å². The van der Waals surface area contributed by atoms with Gasteiger partial charge in [-0.25, -0.2) is 0 Å². The Balaban J connectivity index is 1.68. The zero-order valence-corrected chi connectivity index (χ0v) is 15.8. The van der Waals surface area contributed by atoms with Crippen LogP contribution in [-0.4, -0.2) is 23.8 Å². The molecule has 1 heterocycles. The normalized spacial score (nSPS) is 10.6. The number of aromatic nitrogens is 1. The highest BCUT2D eigenvalue weighted by Crippen LogP contribution is 2.22. The minimum absolute atomic E-state index is 0.0475. The monoisotopic (exact) mass is 361 g/mol. The molecule has 3 rings (SSSR count). The van der Waals surface area contributed by atoms with E-state index in [0.717, 1.165) is 33.3 Å². The fourth-order valence-electron chi connectivity index (χ4n) is 3.17. The van der Waals surface area contributed by atoms with E-state index in [1.54, 1.807) is 19.2 Å². The molecule has 0 bridgehead atoms. The molecule has 0 fully saturated rings. The summed E-state index contributed by atoms with van der Waals surface area (Å²) in [7, 11) is 1.60. The number of carbonyl (C=O) groups excluding carboxylic acids is 2. The van der Waals surface area contributed by atoms with E-state index in [9.17, 15) is 9.59 Å². The van der Waals surface area contributed by atoms with Gasteiger partial charge in [-0.1, -0.05) is 30.3 Å². The molecule has 138 valence electrons. The minimum atomic E-state index is -0.125. The Morgan fingerprint density at radius 3 is 2.41 bits per heavy atom. The van der Waals surface area contributed by atoms with Crippen molar-refractivity contribution in [2.24, 2.45) is 0 Å². The molecule has 0 radical (unpaired) electrons. The van der Waals surface area contributed by atoms with Crippen molar-refractivity contribution in [3.05, 3.63) is 76.5 Å². The number of fused-ring (bicyclic) bond motifs is 1. The Bertz CT molecular complexity index is 994. The van der Waals surface area contributed by atoms with E-state index in [2.05, 4.69) is 15.6 Å². The minimum Gasteiger partial charge on any atom is -0.355 e. The largest absolute Gasteiger partial charge is 0.355 e. The van der Waals surface area contributed by atoms with Gasteiger partial charge in [-0.3, -0.25) is 14.6 Å². The van der Waals surface area contributed by atoms with Crippen LogP contribution in [0.25, 0.3) is 10.9 Å².